The van der Waals surface area contributed by atoms with Crippen molar-refractivity contribution in [2.24, 2.45) is 0 Å². The second-order valence-electron chi connectivity index (χ2n) is 4.74. The highest BCUT2D eigenvalue weighted by Crippen LogP contribution is 2.37. The smallest absolute Gasteiger partial charge is 0.119 e. The summed E-state index contributed by atoms with van der Waals surface area (Å²) < 4.78 is 8.03. The molecule has 0 saturated carbocycles. The highest BCUT2D eigenvalue weighted by molar-refractivity contribution is 7.27. The third-order valence-corrected chi connectivity index (χ3v) is 5.68. The first-order chi connectivity index (χ1) is 9.72. The Kier molecular flexibility index (Phi) is 3.78. The fourth-order valence-corrected chi connectivity index (χ4v) is 4.73. The number of thiophene rings is 2. The third-order valence-electron chi connectivity index (χ3n) is 3.52. The maximum Gasteiger partial charge on any atom is 0.119 e. The summed E-state index contributed by atoms with van der Waals surface area (Å²) in [5.41, 5.74) is 2.56. The lowest BCUT2D eigenvalue weighted by Crippen LogP contribution is -2.17. The summed E-state index contributed by atoms with van der Waals surface area (Å²) in [7, 11) is 3.72. The fraction of sp³-hybridized carbons (Fsp3) is 0.250. The number of hydrogen-bond donors (Lipinski definition) is 1. The van der Waals surface area contributed by atoms with E-state index in [1.807, 2.05) is 24.5 Å². The molecule has 0 bridgehead atoms. The van der Waals surface area contributed by atoms with Crippen molar-refractivity contribution in [3.63, 3.8) is 0 Å². The minimum atomic E-state index is 0.241. The van der Waals surface area contributed by atoms with Crippen LogP contribution in [-0.2, 0) is 0 Å². The molecule has 20 heavy (non-hydrogen) atoms. The van der Waals surface area contributed by atoms with E-state index in [0.29, 0.717) is 0 Å². The van der Waals surface area contributed by atoms with Gasteiger partial charge in [-0.1, -0.05) is 6.07 Å². The zero-order valence-corrected chi connectivity index (χ0v) is 13.4. The summed E-state index contributed by atoms with van der Waals surface area (Å²) in [6, 6.07) is 11.0. The zero-order chi connectivity index (χ0) is 14.1. The summed E-state index contributed by atoms with van der Waals surface area (Å²) in [5, 5.41) is 5.59. The van der Waals surface area contributed by atoms with Crippen LogP contribution in [0.25, 0.3) is 9.40 Å². The van der Waals surface area contributed by atoms with Crippen LogP contribution in [-0.4, -0.2) is 14.2 Å². The maximum atomic E-state index is 5.29. The van der Waals surface area contributed by atoms with Crippen molar-refractivity contribution in [3.05, 3.63) is 51.7 Å². The van der Waals surface area contributed by atoms with Crippen LogP contribution in [0.1, 0.15) is 22.0 Å². The molecule has 0 aliphatic rings. The molecule has 0 amide bonds. The Morgan fingerprint density at radius 1 is 1.15 bits per heavy atom. The minimum Gasteiger partial charge on any atom is -0.497 e. The second kappa shape index (κ2) is 5.56. The molecule has 0 radical (unpaired) electrons. The Labute approximate surface area is 127 Å². The molecule has 4 heteroatoms. The van der Waals surface area contributed by atoms with E-state index in [1.54, 1.807) is 18.4 Å². The van der Waals surface area contributed by atoms with Gasteiger partial charge < -0.3 is 10.1 Å². The largest absolute Gasteiger partial charge is 0.497 e. The van der Waals surface area contributed by atoms with Gasteiger partial charge in [-0.15, -0.1) is 22.7 Å². The Balaban J connectivity index is 2.03. The highest BCUT2D eigenvalue weighted by Gasteiger charge is 2.17. The topological polar surface area (TPSA) is 21.3 Å². The van der Waals surface area contributed by atoms with E-state index in [9.17, 15) is 0 Å². The van der Waals surface area contributed by atoms with Crippen LogP contribution in [0.3, 0.4) is 0 Å². The molecule has 2 nitrogen and oxygen atoms in total. The van der Waals surface area contributed by atoms with Gasteiger partial charge in [0.2, 0.25) is 0 Å². The van der Waals surface area contributed by atoms with Gasteiger partial charge in [0.05, 0.1) is 13.2 Å². The van der Waals surface area contributed by atoms with Gasteiger partial charge in [0.15, 0.2) is 0 Å². The van der Waals surface area contributed by atoms with Gasteiger partial charge in [-0.2, -0.15) is 0 Å². The Morgan fingerprint density at radius 2 is 2.00 bits per heavy atom. The van der Waals surface area contributed by atoms with Gasteiger partial charge in [-0.25, -0.2) is 0 Å². The van der Waals surface area contributed by atoms with Crippen molar-refractivity contribution in [2.75, 3.05) is 14.2 Å². The molecule has 104 valence electrons. The second-order valence-corrected chi connectivity index (χ2v) is 6.81. The molecule has 0 aliphatic carbocycles. The van der Waals surface area contributed by atoms with Crippen LogP contribution in [0.15, 0.2) is 35.7 Å². The molecule has 1 unspecified atom stereocenters. The maximum absolute atomic E-state index is 5.29. The van der Waals surface area contributed by atoms with Crippen LogP contribution in [0, 0.1) is 6.92 Å². The highest BCUT2D eigenvalue weighted by atomic mass is 32.1. The van der Waals surface area contributed by atoms with E-state index in [2.05, 4.69) is 41.9 Å². The lowest BCUT2D eigenvalue weighted by molar-refractivity contribution is 0.414. The average Bonchev–Trinajstić information content (AvgIpc) is 3.02. The van der Waals surface area contributed by atoms with Crippen molar-refractivity contribution in [2.45, 2.75) is 13.0 Å². The van der Waals surface area contributed by atoms with E-state index in [1.165, 1.54) is 25.4 Å². The molecule has 0 aliphatic heterocycles. The normalized spacial score (nSPS) is 12.8. The number of ether oxygens (including phenoxy) is 1. The predicted octanol–water partition coefficient (Wildman–Crippen LogP) is 4.59. The number of fused-ring (bicyclic) bond motifs is 1. The van der Waals surface area contributed by atoms with Crippen LogP contribution in [0.2, 0.25) is 0 Å². The van der Waals surface area contributed by atoms with Crippen LogP contribution >= 0.6 is 22.7 Å². The van der Waals surface area contributed by atoms with Crippen LogP contribution in [0.4, 0.5) is 0 Å². The van der Waals surface area contributed by atoms with Crippen molar-refractivity contribution >= 4 is 32.1 Å². The van der Waals surface area contributed by atoms with Gasteiger partial charge >= 0.3 is 0 Å². The van der Waals surface area contributed by atoms with Crippen LogP contribution in [0.5, 0.6) is 5.75 Å². The summed E-state index contributed by atoms with van der Waals surface area (Å²) in [4.78, 5) is 1.36. The van der Waals surface area contributed by atoms with E-state index in [0.717, 1.165) is 5.75 Å². The molecule has 2 aromatic heterocycles. The van der Waals surface area contributed by atoms with Gasteiger partial charge in [-0.05, 0) is 54.7 Å². The summed E-state index contributed by atoms with van der Waals surface area (Å²) in [6.45, 7) is 2.14. The molecule has 1 atom stereocenters. The van der Waals surface area contributed by atoms with Crippen molar-refractivity contribution in [1.29, 1.82) is 0 Å². The van der Waals surface area contributed by atoms with E-state index >= 15 is 0 Å². The lowest BCUT2D eigenvalue weighted by atomic mass is 10.00. The van der Waals surface area contributed by atoms with Crippen molar-refractivity contribution in [3.8, 4) is 5.75 Å². The zero-order valence-electron chi connectivity index (χ0n) is 11.8. The van der Waals surface area contributed by atoms with Gasteiger partial charge in [0.1, 0.15) is 5.75 Å². The molecule has 1 N–H and O–H groups in total. The molecule has 1 aromatic carbocycles. The minimum absolute atomic E-state index is 0.241. The van der Waals surface area contributed by atoms with Gasteiger partial charge in [0.25, 0.3) is 0 Å². The molecule has 0 spiro atoms. The summed E-state index contributed by atoms with van der Waals surface area (Å²) in [6.07, 6.45) is 0. The Hall–Kier alpha value is -1.36. The molecule has 2 heterocycles. The van der Waals surface area contributed by atoms with Crippen LogP contribution < -0.4 is 10.1 Å². The molecule has 0 fully saturated rings. The number of nitrogens with one attached hydrogen (secondary N) is 1. The molecule has 0 saturated heterocycles. The SMILES string of the molecule is CNC(c1cc2sccc2s1)c1ccc(OC)cc1C. The van der Waals surface area contributed by atoms with Crippen molar-refractivity contribution < 1.29 is 4.74 Å². The Morgan fingerprint density at radius 3 is 2.65 bits per heavy atom. The summed E-state index contributed by atoms with van der Waals surface area (Å²) in [5.74, 6) is 0.910. The predicted molar refractivity (Wildman–Crippen MR) is 88.3 cm³/mol. The summed E-state index contributed by atoms with van der Waals surface area (Å²) >= 11 is 3.67. The molecule has 3 rings (SSSR count). The van der Waals surface area contributed by atoms with Crippen molar-refractivity contribution in [1.82, 2.24) is 5.32 Å². The van der Waals surface area contributed by atoms with Gasteiger partial charge in [0, 0.05) is 14.3 Å². The van der Waals surface area contributed by atoms with E-state index in [-0.39, 0.29) is 6.04 Å². The number of hydrogen-bond acceptors (Lipinski definition) is 4. The molecule has 3 aromatic rings. The fourth-order valence-electron chi connectivity index (χ4n) is 2.48. The van der Waals surface area contributed by atoms with E-state index in [4.69, 9.17) is 4.74 Å². The number of aryl methyl sites for hydroxylation is 1. The first-order valence-electron chi connectivity index (χ1n) is 6.51. The monoisotopic (exact) mass is 303 g/mol. The Bertz CT molecular complexity index is 700. The first-order valence-corrected chi connectivity index (χ1v) is 8.21. The first kappa shape index (κ1) is 13.6. The third kappa shape index (κ3) is 2.35. The number of methoxy groups -OCH3 is 1. The standard InChI is InChI=1S/C16H17NOS2/c1-10-8-11(18-3)4-5-12(10)16(17-2)15-9-14-13(20-15)6-7-19-14/h4-9,16-17H,1-3H3. The molecular weight excluding hydrogens is 286 g/mol. The quantitative estimate of drug-likeness (QED) is 0.761. The van der Waals surface area contributed by atoms with Gasteiger partial charge in [-0.3, -0.25) is 0 Å². The average molecular weight is 303 g/mol. The lowest BCUT2D eigenvalue weighted by Gasteiger charge is -2.18. The molecular formula is C16H17NOS2. The number of rotatable bonds is 4. The number of benzene rings is 1. The van der Waals surface area contributed by atoms with E-state index < -0.39 is 0 Å².